The second-order valence-corrected chi connectivity index (χ2v) is 4.96. The van der Waals surface area contributed by atoms with Gasteiger partial charge in [0.1, 0.15) is 5.75 Å². The van der Waals surface area contributed by atoms with Crippen LogP contribution in [0.15, 0.2) is 18.2 Å². The normalized spacial score (nSPS) is 13.8. The molecule has 0 radical (unpaired) electrons. The van der Waals surface area contributed by atoms with Crippen molar-refractivity contribution in [3.05, 3.63) is 33.9 Å². The molecule has 1 amide bonds. The summed E-state index contributed by atoms with van der Waals surface area (Å²) >= 11 is 0. The fraction of sp³-hybridized carbons (Fsp3) is 0.500. The number of hydrogen-bond acceptors (Lipinski definition) is 5. The van der Waals surface area contributed by atoms with Crippen molar-refractivity contribution in [1.82, 2.24) is 10.6 Å². The van der Waals surface area contributed by atoms with E-state index in [-0.39, 0.29) is 18.2 Å². The monoisotopic (exact) mass is 293 g/mol. The molecule has 0 aliphatic heterocycles. The number of carbonyl (C=O) groups is 1. The Hall–Kier alpha value is -2.15. The van der Waals surface area contributed by atoms with Crippen molar-refractivity contribution in [3.63, 3.8) is 0 Å². The fourth-order valence-electron chi connectivity index (χ4n) is 1.86. The third-order valence-corrected chi connectivity index (χ3v) is 3.12. The number of non-ortho nitro benzene ring substituents is 1. The molecule has 1 fully saturated rings. The number of carbonyl (C=O) groups excluding carboxylic acids is 1. The minimum atomic E-state index is -0.445. The molecule has 1 aliphatic rings. The number of rotatable bonds is 8. The van der Waals surface area contributed by atoms with Crippen molar-refractivity contribution in [3.8, 4) is 5.75 Å². The zero-order valence-corrected chi connectivity index (χ0v) is 11.9. The van der Waals surface area contributed by atoms with Gasteiger partial charge in [0.25, 0.3) is 11.6 Å². The van der Waals surface area contributed by atoms with Gasteiger partial charge in [0, 0.05) is 30.3 Å². The molecule has 114 valence electrons. The minimum absolute atomic E-state index is 0.0117. The molecule has 0 atom stereocenters. The van der Waals surface area contributed by atoms with Gasteiger partial charge < -0.3 is 15.4 Å². The number of nitrogens with one attached hydrogen (secondary N) is 2. The first kappa shape index (κ1) is 15.2. The minimum Gasteiger partial charge on any atom is -0.483 e. The van der Waals surface area contributed by atoms with Crippen LogP contribution in [-0.2, 0) is 11.3 Å². The van der Waals surface area contributed by atoms with E-state index in [0.717, 1.165) is 19.4 Å². The van der Waals surface area contributed by atoms with Crippen molar-refractivity contribution >= 4 is 11.6 Å². The number of hydrogen-bond donors (Lipinski definition) is 2. The molecule has 0 heterocycles. The van der Waals surface area contributed by atoms with Gasteiger partial charge >= 0.3 is 0 Å². The molecule has 0 bridgehead atoms. The van der Waals surface area contributed by atoms with Gasteiger partial charge in [0.2, 0.25) is 0 Å². The first-order valence-corrected chi connectivity index (χ1v) is 7.00. The van der Waals surface area contributed by atoms with Crippen LogP contribution in [0.3, 0.4) is 0 Å². The van der Waals surface area contributed by atoms with Crippen LogP contribution in [0.4, 0.5) is 5.69 Å². The summed E-state index contributed by atoms with van der Waals surface area (Å²) in [6.07, 6.45) is 2.05. The number of amides is 1. The first-order valence-electron chi connectivity index (χ1n) is 7.00. The largest absolute Gasteiger partial charge is 0.483 e. The van der Waals surface area contributed by atoms with Crippen molar-refractivity contribution in [1.29, 1.82) is 0 Å². The van der Waals surface area contributed by atoms with Gasteiger partial charge in [-0.15, -0.1) is 0 Å². The molecule has 1 aromatic carbocycles. The Labute approximate surface area is 122 Å². The molecule has 2 N–H and O–H groups in total. The summed E-state index contributed by atoms with van der Waals surface area (Å²) in [5.41, 5.74) is 0.683. The van der Waals surface area contributed by atoms with Crippen molar-refractivity contribution < 1.29 is 14.5 Å². The maximum atomic E-state index is 11.6. The Balaban J connectivity index is 2.01. The fourth-order valence-corrected chi connectivity index (χ4v) is 1.86. The lowest BCUT2D eigenvalue weighted by Gasteiger charge is -2.11. The van der Waals surface area contributed by atoms with Crippen LogP contribution in [0.2, 0.25) is 0 Å². The van der Waals surface area contributed by atoms with Gasteiger partial charge in [-0.25, -0.2) is 0 Å². The molecule has 7 heteroatoms. The quantitative estimate of drug-likeness (QED) is 0.557. The zero-order valence-electron chi connectivity index (χ0n) is 11.9. The van der Waals surface area contributed by atoms with E-state index in [0.29, 0.717) is 23.9 Å². The molecule has 1 saturated carbocycles. The summed E-state index contributed by atoms with van der Waals surface area (Å²) in [4.78, 5) is 22.0. The van der Waals surface area contributed by atoms with Gasteiger partial charge in [0.05, 0.1) is 4.92 Å². The molecule has 0 spiro atoms. The van der Waals surface area contributed by atoms with E-state index in [9.17, 15) is 14.9 Å². The van der Waals surface area contributed by atoms with Crippen molar-refractivity contribution in [2.24, 2.45) is 0 Å². The predicted molar refractivity (Wildman–Crippen MR) is 77.1 cm³/mol. The predicted octanol–water partition coefficient (Wildman–Crippen LogP) is 1.36. The van der Waals surface area contributed by atoms with Gasteiger partial charge in [-0.2, -0.15) is 0 Å². The lowest BCUT2D eigenvalue weighted by Crippen LogP contribution is -2.30. The number of nitro benzene ring substituents is 1. The maximum Gasteiger partial charge on any atom is 0.270 e. The maximum absolute atomic E-state index is 11.6. The lowest BCUT2D eigenvalue weighted by molar-refractivity contribution is -0.384. The third kappa shape index (κ3) is 4.71. The van der Waals surface area contributed by atoms with Crippen LogP contribution < -0.4 is 15.4 Å². The Bertz CT molecular complexity index is 529. The Kier molecular flexibility index (Phi) is 5.10. The van der Waals surface area contributed by atoms with Crippen LogP contribution in [-0.4, -0.2) is 30.0 Å². The molecular formula is C14H19N3O4. The second kappa shape index (κ2) is 7.03. The van der Waals surface area contributed by atoms with Gasteiger partial charge in [-0.05, 0) is 25.5 Å². The molecule has 2 rings (SSSR count). The van der Waals surface area contributed by atoms with Gasteiger partial charge in [-0.1, -0.05) is 6.92 Å². The molecule has 21 heavy (non-hydrogen) atoms. The van der Waals surface area contributed by atoms with Crippen LogP contribution in [0.1, 0.15) is 25.3 Å². The summed E-state index contributed by atoms with van der Waals surface area (Å²) in [7, 11) is 0. The smallest absolute Gasteiger partial charge is 0.270 e. The van der Waals surface area contributed by atoms with Crippen LogP contribution >= 0.6 is 0 Å². The molecule has 0 unspecified atom stereocenters. The average Bonchev–Trinajstić information content (AvgIpc) is 3.27. The highest BCUT2D eigenvalue weighted by molar-refractivity contribution is 5.78. The summed E-state index contributed by atoms with van der Waals surface area (Å²) in [6, 6.07) is 4.68. The first-order chi connectivity index (χ1) is 10.1. The van der Waals surface area contributed by atoms with Gasteiger partial charge in [0.15, 0.2) is 6.61 Å². The Morgan fingerprint density at radius 1 is 1.48 bits per heavy atom. The Morgan fingerprint density at radius 2 is 2.24 bits per heavy atom. The lowest BCUT2D eigenvalue weighted by atomic mass is 10.1. The molecule has 1 aliphatic carbocycles. The number of ether oxygens (including phenoxy) is 1. The van der Waals surface area contributed by atoms with E-state index < -0.39 is 4.92 Å². The summed E-state index contributed by atoms with van der Waals surface area (Å²) in [6.45, 7) is 3.07. The number of benzene rings is 1. The van der Waals surface area contributed by atoms with E-state index in [1.807, 2.05) is 6.92 Å². The SMILES string of the molecule is CCNCc1cc([N+](=O)[O-])ccc1OCC(=O)NC1CC1. The molecule has 1 aromatic rings. The molecular weight excluding hydrogens is 274 g/mol. The highest BCUT2D eigenvalue weighted by atomic mass is 16.6. The van der Waals surface area contributed by atoms with Crippen LogP contribution in [0.25, 0.3) is 0 Å². The van der Waals surface area contributed by atoms with E-state index in [2.05, 4.69) is 10.6 Å². The van der Waals surface area contributed by atoms with Crippen LogP contribution in [0.5, 0.6) is 5.75 Å². The van der Waals surface area contributed by atoms with Crippen molar-refractivity contribution in [2.75, 3.05) is 13.2 Å². The molecule has 7 nitrogen and oxygen atoms in total. The summed E-state index contributed by atoms with van der Waals surface area (Å²) < 4.78 is 5.48. The number of nitrogens with zero attached hydrogens (tertiary/aromatic N) is 1. The van der Waals surface area contributed by atoms with E-state index in [1.165, 1.54) is 18.2 Å². The highest BCUT2D eigenvalue weighted by Gasteiger charge is 2.23. The van der Waals surface area contributed by atoms with E-state index in [1.54, 1.807) is 0 Å². The average molecular weight is 293 g/mol. The second-order valence-electron chi connectivity index (χ2n) is 4.96. The van der Waals surface area contributed by atoms with Crippen molar-refractivity contribution in [2.45, 2.75) is 32.4 Å². The topological polar surface area (TPSA) is 93.5 Å². The summed E-state index contributed by atoms with van der Waals surface area (Å²) in [5, 5.41) is 16.7. The molecule has 0 aromatic heterocycles. The Morgan fingerprint density at radius 3 is 2.86 bits per heavy atom. The highest BCUT2D eigenvalue weighted by Crippen LogP contribution is 2.24. The summed E-state index contributed by atoms with van der Waals surface area (Å²) in [5.74, 6) is 0.331. The van der Waals surface area contributed by atoms with E-state index in [4.69, 9.17) is 4.74 Å². The standard InChI is InChI=1S/C14H19N3O4/c1-2-15-8-10-7-12(17(19)20)5-6-13(10)21-9-14(18)16-11-3-4-11/h5-7,11,15H,2-4,8-9H2,1H3,(H,16,18). The number of nitro groups is 1. The van der Waals surface area contributed by atoms with Gasteiger partial charge in [-0.3, -0.25) is 14.9 Å². The molecule has 0 saturated heterocycles. The van der Waals surface area contributed by atoms with E-state index >= 15 is 0 Å². The third-order valence-electron chi connectivity index (χ3n) is 3.12. The zero-order chi connectivity index (χ0) is 15.2. The van der Waals surface area contributed by atoms with Crippen LogP contribution in [0, 0.1) is 10.1 Å².